The second-order valence-electron chi connectivity index (χ2n) is 9.56. The van der Waals surface area contributed by atoms with Crippen LogP contribution in [0.4, 0.5) is 4.79 Å². The molecule has 1 heterocycles. The van der Waals surface area contributed by atoms with Crippen molar-refractivity contribution in [2.24, 2.45) is 5.92 Å². The van der Waals surface area contributed by atoms with E-state index in [0.717, 1.165) is 24.0 Å². The van der Waals surface area contributed by atoms with E-state index in [1.807, 2.05) is 24.3 Å². The van der Waals surface area contributed by atoms with Crippen LogP contribution >= 0.6 is 0 Å². The molecule has 1 saturated heterocycles. The fourth-order valence-electron chi connectivity index (χ4n) is 5.49. The second kappa shape index (κ2) is 8.76. The standard InChI is InChI=1S/C26H28N2O6/c29-23(28-14-26(33,15-28)24(30)31)16-6-5-7-17(12-16)27-25(32)34-13-22-20-10-3-1-8-18(20)19-9-2-4-11-21(19)22/h1-4,8-11,16-17,22,33H,5-7,12-15H2,(H,27,32)(H,30,31). The van der Waals surface area contributed by atoms with Crippen LogP contribution < -0.4 is 5.32 Å². The van der Waals surface area contributed by atoms with Crippen LogP contribution in [0.5, 0.6) is 0 Å². The predicted molar refractivity (Wildman–Crippen MR) is 123 cm³/mol. The Hall–Kier alpha value is -3.39. The molecule has 0 aromatic heterocycles. The predicted octanol–water partition coefficient (Wildman–Crippen LogP) is 2.74. The maximum atomic E-state index is 12.7. The van der Waals surface area contributed by atoms with Gasteiger partial charge in [-0.3, -0.25) is 4.79 Å². The van der Waals surface area contributed by atoms with Crippen molar-refractivity contribution in [1.82, 2.24) is 10.2 Å². The minimum absolute atomic E-state index is 0.0155. The summed E-state index contributed by atoms with van der Waals surface area (Å²) in [7, 11) is 0. The first-order valence-corrected chi connectivity index (χ1v) is 11.7. The Morgan fingerprint density at radius 1 is 1.00 bits per heavy atom. The van der Waals surface area contributed by atoms with Crippen LogP contribution in [0.25, 0.3) is 11.1 Å². The monoisotopic (exact) mass is 464 g/mol. The number of amides is 2. The highest BCUT2D eigenvalue weighted by atomic mass is 16.5. The van der Waals surface area contributed by atoms with Gasteiger partial charge in [0.25, 0.3) is 0 Å². The molecule has 1 saturated carbocycles. The zero-order valence-corrected chi connectivity index (χ0v) is 18.8. The van der Waals surface area contributed by atoms with E-state index in [0.29, 0.717) is 12.8 Å². The quantitative estimate of drug-likeness (QED) is 0.627. The van der Waals surface area contributed by atoms with Crippen molar-refractivity contribution in [2.75, 3.05) is 19.7 Å². The number of hydrogen-bond donors (Lipinski definition) is 3. The molecule has 8 heteroatoms. The minimum atomic E-state index is -1.84. The van der Waals surface area contributed by atoms with Crippen LogP contribution in [0.1, 0.15) is 42.7 Å². The van der Waals surface area contributed by atoms with Crippen molar-refractivity contribution in [1.29, 1.82) is 0 Å². The van der Waals surface area contributed by atoms with E-state index in [-0.39, 0.29) is 43.5 Å². The maximum absolute atomic E-state index is 12.7. The third-order valence-corrected chi connectivity index (χ3v) is 7.30. The van der Waals surface area contributed by atoms with Crippen molar-refractivity contribution < 1.29 is 29.3 Å². The average Bonchev–Trinajstić information content (AvgIpc) is 3.14. The van der Waals surface area contributed by atoms with Crippen molar-refractivity contribution in [2.45, 2.75) is 43.2 Å². The lowest BCUT2D eigenvalue weighted by atomic mass is 9.83. The van der Waals surface area contributed by atoms with Gasteiger partial charge in [-0.15, -0.1) is 0 Å². The molecule has 3 N–H and O–H groups in total. The van der Waals surface area contributed by atoms with Crippen molar-refractivity contribution in [3.8, 4) is 11.1 Å². The molecule has 178 valence electrons. The van der Waals surface area contributed by atoms with Gasteiger partial charge in [-0.05, 0) is 41.5 Å². The number of hydrogen-bond acceptors (Lipinski definition) is 5. The summed E-state index contributed by atoms with van der Waals surface area (Å²) >= 11 is 0. The summed E-state index contributed by atoms with van der Waals surface area (Å²) in [4.78, 5) is 37.8. The molecule has 0 bridgehead atoms. The SMILES string of the molecule is O=C(NC1CCCC(C(=O)N2CC(O)(C(=O)O)C2)C1)OCC1c2ccccc2-c2ccccc21. The topological polar surface area (TPSA) is 116 Å². The molecular formula is C26H28N2O6. The number of likely N-dealkylation sites (tertiary alicyclic amines) is 1. The summed E-state index contributed by atoms with van der Waals surface area (Å²) in [6, 6.07) is 16.1. The summed E-state index contributed by atoms with van der Waals surface area (Å²) in [5, 5.41) is 21.8. The van der Waals surface area contributed by atoms with Crippen LogP contribution in [-0.4, -0.2) is 64.4 Å². The van der Waals surface area contributed by atoms with E-state index >= 15 is 0 Å². The van der Waals surface area contributed by atoms with Gasteiger partial charge in [0.05, 0.1) is 13.1 Å². The Kier molecular flexibility index (Phi) is 5.77. The zero-order valence-electron chi connectivity index (χ0n) is 18.8. The number of β-amino-alcohol motifs (C(OH)–C–C–N with tert-alkyl or cyclic N) is 1. The highest BCUT2D eigenvalue weighted by Gasteiger charge is 2.51. The van der Waals surface area contributed by atoms with Gasteiger partial charge in [0.2, 0.25) is 5.91 Å². The Bertz CT molecular complexity index is 1080. The highest BCUT2D eigenvalue weighted by Crippen LogP contribution is 2.44. The number of aliphatic hydroxyl groups is 1. The first kappa shape index (κ1) is 22.4. The van der Waals surface area contributed by atoms with Gasteiger partial charge in [0.1, 0.15) is 6.61 Å². The number of carbonyl (C=O) groups is 3. The Morgan fingerprint density at radius 3 is 2.24 bits per heavy atom. The number of alkyl carbamates (subject to hydrolysis) is 1. The second-order valence-corrected chi connectivity index (χ2v) is 9.56. The number of carbonyl (C=O) groups excluding carboxylic acids is 2. The van der Waals surface area contributed by atoms with Gasteiger partial charge >= 0.3 is 12.1 Å². The number of rotatable bonds is 5. The molecule has 2 aromatic carbocycles. The minimum Gasteiger partial charge on any atom is -0.479 e. The molecule has 2 aliphatic carbocycles. The molecule has 8 nitrogen and oxygen atoms in total. The van der Waals surface area contributed by atoms with Crippen LogP contribution in [0.15, 0.2) is 48.5 Å². The molecule has 0 spiro atoms. The molecule has 2 atom stereocenters. The van der Waals surface area contributed by atoms with Crippen molar-refractivity contribution >= 4 is 18.0 Å². The lowest BCUT2D eigenvalue weighted by Crippen LogP contribution is -2.68. The first-order chi connectivity index (χ1) is 16.4. The van der Waals surface area contributed by atoms with E-state index < -0.39 is 17.7 Å². The summed E-state index contributed by atoms with van der Waals surface area (Å²) in [6.07, 6.45) is 2.20. The lowest BCUT2D eigenvalue weighted by molar-refractivity contribution is -0.184. The Balaban J connectivity index is 1.15. The van der Waals surface area contributed by atoms with Gasteiger partial charge in [-0.25, -0.2) is 9.59 Å². The molecule has 5 rings (SSSR count). The third-order valence-electron chi connectivity index (χ3n) is 7.30. The normalized spacial score (nSPS) is 22.8. The van der Waals surface area contributed by atoms with Crippen molar-refractivity contribution in [3.05, 3.63) is 59.7 Å². The van der Waals surface area contributed by atoms with Crippen LogP contribution in [0.3, 0.4) is 0 Å². The summed E-state index contributed by atoms with van der Waals surface area (Å²) in [5.74, 6) is -1.79. The molecular weight excluding hydrogens is 436 g/mol. The number of ether oxygens (including phenoxy) is 1. The van der Waals surface area contributed by atoms with E-state index in [4.69, 9.17) is 9.84 Å². The van der Waals surface area contributed by atoms with Crippen LogP contribution in [-0.2, 0) is 14.3 Å². The Labute approximate surface area is 197 Å². The Morgan fingerprint density at radius 2 is 1.62 bits per heavy atom. The molecule has 2 unspecified atom stereocenters. The van der Waals surface area contributed by atoms with Gasteiger partial charge in [0, 0.05) is 17.9 Å². The number of nitrogens with one attached hydrogen (secondary N) is 1. The summed E-state index contributed by atoms with van der Waals surface area (Å²) in [6.45, 7) is -0.152. The smallest absolute Gasteiger partial charge is 0.407 e. The highest BCUT2D eigenvalue weighted by molar-refractivity contribution is 5.86. The number of carboxylic acids is 1. The molecule has 3 aliphatic rings. The van der Waals surface area contributed by atoms with E-state index in [2.05, 4.69) is 29.6 Å². The molecule has 2 aromatic rings. The van der Waals surface area contributed by atoms with Gasteiger partial charge < -0.3 is 25.2 Å². The molecule has 1 aliphatic heterocycles. The zero-order chi connectivity index (χ0) is 23.9. The average molecular weight is 465 g/mol. The number of benzene rings is 2. The third kappa shape index (κ3) is 4.03. The molecule has 34 heavy (non-hydrogen) atoms. The van der Waals surface area contributed by atoms with Crippen LogP contribution in [0, 0.1) is 5.92 Å². The van der Waals surface area contributed by atoms with Gasteiger partial charge in [-0.2, -0.15) is 0 Å². The summed E-state index contributed by atoms with van der Waals surface area (Å²) in [5.41, 5.74) is 2.79. The molecule has 0 radical (unpaired) electrons. The van der Waals surface area contributed by atoms with Gasteiger partial charge in [-0.1, -0.05) is 55.0 Å². The fraction of sp³-hybridized carbons (Fsp3) is 0.423. The van der Waals surface area contributed by atoms with E-state index in [9.17, 15) is 19.5 Å². The molecule has 2 amide bonds. The number of nitrogens with zero attached hydrogens (tertiary/aromatic N) is 1. The van der Waals surface area contributed by atoms with Crippen molar-refractivity contribution in [3.63, 3.8) is 0 Å². The summed E-state index contributed by atoms with van der Waals surface area (Å²) < 4.78 is 5.63. The first-order valence-electron chi connectivity index (χ1n) is 11.7. The van der Waals surface area contributed by atoms with Crippen LogP contribution in [0.2, 0.25) is 0 Å². The maximum Gasteiger partial charge on any atom is 0.407 e. The number of aliphatic carboxylic acids is 1. The molecule has 2 fully saturated rings. The van der Waals surface area contributed by atoms with E-state index in [1.165, 1.54) is 16.0 Å². The number of fused-ring (bicyclic) bond motifs is 3. The number of carboxylic acid groups (broad SMARTS) is 1. The lowest BCUT2D eigenvalue weighted by Gasteiger charge is -2.45. The van der Waals surface area contributed by atoms with Gasteiger partial charge in [0.15, 0.2) is 5.60 Å². The largest absolute Gasteiger partial charge is 0.479 e. The van der Waals surface area contributed by atoms with E-state index in [1.54, 1.807) is 0 Å². The fourth-order valence-corrected chi connectivity index (χ4v) is 5.49.